The zero-order valence-corrected chi connectivity index (χ0v) is 12.8. The molecule has 5 atom stereocenters. The van der Waals surface area contributed by atoms with Crippen LogP contribution in [-0.4, -0.2) is 43.7 Å². The van der Waals surface area contributed by atoms with Crippen LogP contribution in [0.3, 0.4) is 0 Å². The summed E-state index contributed by atoms with van der Waals surface area (Å²) < 4.78 is 21.5. The Kier molecular flexibility index (Phi) is 6.66. The molecule has 0 amide bonds. The number of ether oxygens (including phenoxy) is 4. The summed E-state index contributed by atoms with van der Waals surface area (Å²) in [5.41, 5.74) is 0. The van der Waals surface area contributed by atoms with Crippen LogP contribution in [0.1, 0.15) is 27.7 Å². The molecule has 1 aliphatic rings. The molecule has 1 saturated heterocycles. The quantitative estimate of drug-likeness (QED) is 0.560. The van der Waals surface area contributed by atoms with Gasteiger partial charge in [0, 0.05) is 19.8 Å². The van der Waals surface area contributed by atoms with Crippen LogP contribution in [0.5, 0.6) is 0 Å². The van der Waals surface area contributed by atoms with E-state index in [1.807, 2.05) is 13.8 Å². The van der Waals surface area contributed by atoms with Crippen LogP contribution in [0.25, 0.3) is 0 Å². The van der Waals surface area contributed by atoms with Gasteiger partial charge in [-0.15, -0.1) is 6.42 Å². The summed E-state index contributed by atoms with van der Waals surface area (Å²) >= 11 is 0. The maximum atomic E-state index is 11.2. The van der Waals surface area contributed by atoms with Crippen LogP contribution < -0.4 is 0 Å². The lowest BCUT2D eigenvalue weighted by Crippen LogP contribution is -2.53. The van der Waals surface area contributed by atoms with Crippen molar-refractivity contribution in [2.75, 3.05) is 13.2 Å². The molecule has 1 rings (SSSR count). The topological polar surface area (TPSA) is 71.1 Å². The standard InChI is InChI=1S/C15H22O6/c1-6-7-18-15-14(20-12(5)17)10(3)9(2)13(21-15)8-19-11(4)16/h1,9-10,13-15H,7-8H2,2-5H3/t9-,10+,13?,14?,15-/m1/s1. The van der Waals surface area contributed by atoms with Crippen LogP contribution in [0.2, 0.25) is 0 Å². The van der Waals surface area contributed by atoms with E-state index in [4.69, 9.17) is 25.4 Å². The Bertz CT molecular complexity index is 411. The molecule has 21 heavy (non-hydrogen) atoms. The average molecular weight is 298 g/mol. The van der Waals surface area contributed by atoms with E-state index < -0.39 is 18.4 Å². The maximum absolute atomic E-state index is 11.2. The molecule has 0 aromatic carbocycles. The molecule has 118 valence electrons. The van der Waals surface area contributed by atoms with Gasteiger partial charge in [-0.2, -0.15) is 0 Å². The Labute approximate surface area is 125 Å². The molecule has 0 saturated carbocycles. The maximum Gasteiger partial charge on any atom is 0.303 e. The van der Waals surface area contributed by atoms with Gasteiger partial charge in [0.15, 0.2) is 12.4 Å². The van der Waals surface area contributed by atoms with Crippen molar-refractivity contribution in [2.24, 2.45) is 11.8 Å². The summed E-state index contributed by atoms with van der Waals surface area (Å²) in [6.07, 6.45) is 3.54. The van der Waals surface area contributed by atoms with E-state index >= 15 is 0 Å². The molecule has 0 bridgehead atoms. The van der Waals surface area contributed by atoms with Gasteiger partial charge in [0.1, 0.15) is 13.2 Å². The highest BCUT2D eigenvalue weighted by molar-refractivity contribution is 5.66. The van der Waals surface area contributed by atoms with E-state index in [1.165, 1.54) is 13.8 Å². The highest BCUT2D eigenvalue weighted by atomic mass is 16.7. The number of carbonyl (C=O) groups excluding carboxylic acids is 2. The minimum atomic E-state index is -0.767. The minimum absolute atomic E-state index is 0.0222. The molecule has 6 nitrogen and oxygen atoms in total. The number of rotatable bonds is 5. The fraction of sp³-hybridized carbons (Fsp3) is 0.733. The smallest absolute Gasteiger partial charge is 0.303 e. The largest absolute Gasteiger partial charge is 0.463 e. The molecule has 0 aliphatic carbocycles. The van der Waals surface area contributed by atoms with Crippen molar-refractivity contribution < 1.29 is 28.5 Å². The molecule has 2 unspecified atom stereocenters. The summed E-state index contributed by atoms with van der Waals surface area (Å²) in [6.45, 7) is 6.74. The van der Waals surface area contributed by atoms with E-state index in [2.05, 4.69) is 5.92 Å². The number of terminal acetylenes is 1. The van der Waals surface area contributed by atoms with Crippen molar-refractivity contribution in [1.82, 2.24) is 0 Å². The highest BCUT2D eigenvalue weighted by Gasteiger charge is 2.44. The number of esters is 2. The third-order valence-corrected chi connectivity index (χ3v) is 3.59. The predicted molar refractivity (Wildman–Crippen MR) is 74.0 cm³/mol. The van der Waals surface area contributed by atoms with E-state index in [9.17, 15) is 9.59 Å². The van der Waals surface area contributed by atoms with Gasteiger partial charge in [-0.05, 0) is 5.92 Å². The SMILES string of the molecule is C#CCO[C@@H]1OC(COC(C)=O)[C@H](C)[C@H](C)C1OC(C)=O. The van der Waals surface area contributed by atoms with Crippen molar-refractivity contribution in [1.29, 1.82) is 0 Å². The van der Waals surface area contributed by atoms with Crippen LogP contribution >= 0.6 is 0 Å². The fourth-order valence-corrected chi connectivity index (χ4v) is 2.27. The molecule has 0 N–H and O–H groups in total. The van der Waals surface area contributed by atoms with Gasteiger partial charge in [-0.25, -0.2) is 0 Å². The Balaban J connectivity index is 2.80. The first-order chi connectivity index (χ1) is 9.86. The first-order valence-electron chi connectivity index (χ1n) is 6.88. The fourth-order valence-electron chi connectivity index (χ4n) is 2.27. The molecular weight excluding hydrogens is 276 g/mol. The van der Waals surface area contributed by atoms with Crippen LogP contribution in [0, 0.1) is 24.2 Å². The summed E-state index contributed by atoms with van der Waals surface area (Å²) in [6, 6.07) is 0. The highest BCUT2D eigenvalue weighted by Crippen LogP contribution is 2.33. The summed E-state index contributed by atoms with van der Waals surface area (Å²) in [5, 5.41) is 0. The van der Waals surface area contributed by atoms with Crippen LogP contribution in [0.4, 0.5) is 0 Å². The first kappa shape index (κ1) is 17.5. The van der Waals surface area contributed by atoms with Gasteiger partial charge < -0.3 is 18.9 Å². The summed E-state index contributed by atoms with van der Waals surface area (Å²) in [7, 11) is 0. The van der Waals surface area contributed by atoms with Gasteiger partial charge >= 0.3 is 11.9 Å². The van der Waals surface area contributed by atoms with Gasteiger partial charge in [0.25, 0.3) is 0 Å². The van der Waals surface area contributed by atoms with Crippen LogP contribution in [0.15, 0.2) is 0 Å². The first-order valence-corrected chi connectivity index (χ1v) is 6.88. The lowest BCUT2D eigenvalue weighted by atomic mass is 9.83. The van der Waals surface area contributed by atoms with Crippen molar-refractivity contribution >= 4 is 11.9 Å². The van der Waals surface area contributed by atoms with Gasteiger partial charge in [-0.1, -0.05) is 19.8 Å². The van der Waals surface area contributed by atoms with E-state index in [0.29, 0.717) is 0 Å². The number of hydrogen-bond acceptors (Lipinski definition) is 6. The molecule has 0 radical (unpaired) electrons. The minimum Gasteiger partial charge on any atom is -0.463 e. The van der Waals surface area contributed by atoms with E-state index in [-0.39, 0.29) is 37.1 Å². The summed E-state index contributed by atoms with van der Waals surface area (Å²) in [5.74, 6) is 1.58. The molecule has 0 aromatic rings. The Morgan fingerprint density at radius 2 is 1.86 bits per heavy atom. The van der Waals surface area contributed by atoms with Crippen LogP contribution in [-0.2, 0) is 28.5 Å². The molecular formula is C15H22O6. The monoisotopic (exact) mass is 298 g/mol. The zero-order chi connectivity index (χ0) is 16.0. The Morgan fingerprint density at radius 1 is 1.19 bits per heavy atom. The van der Waals surface area contributed by atoms with Crippen molar-refractivity contribution in [3.63, 3.8) is 0 Å². The normalized spacial score (nSPS) is 32.0. The van der Waals surface area contributed by atoms with Crippen molar-refractivity contribution in [3.05, 3.63) is 0 Å². The lowest BCUT2D eigenvalue weighted by molar-refractivity contribution is -0.276. The number of hydrogen-bond donors (Lipinski definition) is 0. The van der Waals surface area contributed by atoms with Crippen molar-refractivity contribution in [2.45, 2.75) is 46.2 Å². The third kappa shape index (κ3) is 5.03. The second kappa shape index (κ2) is 8.01. The second-order valence-electron chi connectivity index (χ2n) is 5.15. The average Bonchev–Trinajstić information content (AvgIpc) is 2.41. The number of carbonyl (C=O) groups is 2. The molecule has 1 aliphatic heterocycles. The molecule has 1 fully saturated rings. The van der Waals surface area contributed by atoms with E-state index in [1.54, 1.807) is 0 Å². The van der Waals surface area contributed by atoms with E-state index in [0.717, 1.165) is 0 Å². The summed E-state index contributed by atoms with van der Waals surface area (Å²) in [4.78, 5) is 22.2. The third-order valence-electron chi connectivity index (χ3n) is 3.59. The van der Waals surface area contributed by atoms with Gasteiger partial charge in [-0.3, -0.25) is 9.59 Å². The van der Waals surface area contributed by atoms with Crippen molar-refractivity contribution in [3.8, 4) is 12.3 Å². The lowest BCUT2D eigenvalue weighted by Gasteiger charge is -2.43. The molecule has 1 heterocycles. The van der Waals surface area contributed by atoms with Gasteiger partial charge in [0.05, 0.1) is 6.10 Å². The predicted octanol–water partition coefficient (Wildman–Crippen LogP) is 1.13. The molecule has 6 heteroatoms. The Morgan fingerprint density at radius 3 is 2.38 bits per heavy atom. The second-order valence-corrected chi connectivity index (χ2v) is 5.15. The molecule has 0 aromatic heterocycles. The zero-order valence-electron chi connectivity index (χ0n) is 12.8. The molecule has 0 spiro atoms. The van der Waals surface area contributed by atoms with Gasteiger partial charge in [0.2, 0.25) is 0 Å². The Hall–Kier alpha value is -1.58.